The number of nitrogens with one attached hydrogen (secondary N) is 1. The van der Waals surface area contributed by atoms with E-state index in [1.165, 1.54) is 14.7 Å². The molecular weight excluding hydrogens is 424 g/mol. The van der Waals surface area contributed by atoms with E-state index in [4.69, 9.17) is 9.47 Å². The van der Waals surface area contributed by atoms with Crippen LogP contribution in [0.1, 0.15) is 12.5 Å². The van der Waals surface area contributed by atoms with Crippen LogP contribution in [0.5, 0.6) is 5.75 Å². The first kappa shape index (κ1) is 22.6. The highest BCUT2D eigenvalue weighted by Crippen LogP contribution is 2.31. The average molecular weight is 453 g/mol. The van der Waals surface area contributed by atoms with Gasteiger partial charge in [-0.1, -0.05) is 19.1 Å². The third-order valence-corrected chi connectivity index (χ3v) is 5.94. The van der Waals surface area contributed by atoms with Gasteiger partial charge in [-0.2, -0.15) is 0 Å². The van der Waals surface area contributed by atoms with Crippen molar-refractivity contribution in [3.8, 4) is 5.75 Å². The molecule has 1 amide bonds. The number of hydrogen-bond acceptors (Lipinski definition) is 6. The van der Waals surface area contributed by atoms with E-state index in [0.717, 1.165) is 12.1 Å². The molecule has 3 aromatic rings. The molecule has 4 rings (SSSR count). The van der Waals surface area contributed by atoms with Crippen molar-refractivity contribution in [1.82, 2.24) is 9.13 Å². The molecule has 1 N–H and O–H groups in total. The maximum Gasteiger partial charge on any atom is 0.316 e. The molecule has 0 unspecified atom stereocenters. The zero-order valence-electron chi connectivity index (χ0n) is 19.1. The number of hydrogen-bond donors (Lipinski definition) is 1. The Labute approximate surface area is 191 Å². The minimum Gasteiger partial charge on any atom is -0.484 e. The fourth-order valence-electron chi connectivity index (χ4n) is 3.93. The molecule has 2 aromatic carbocycles. The van der Waals surface area contributed by atoms with E-state index in [-0.39, 0.29) is 12.5 Å². The summed E-state index contributed by atoms with van der Waals surface area (Å²) in [4.78, 5) is 39.5. The first-order valence-electron chi connectivity index (χ1n) is 11.0. The van der Waals surface area contributed by atoms with Gasteiger partial charge in [0.25, 0.3) is 5.91 Å². The zero-order chi connectivity index (χ0) is 23.5. The van der Waals surface area contributed by atoms with E-state index in [9.17, 15) is 14.4 Å². The van der Waals surface area contributed by atoms with Gasteiger partial charge in [-0.25, -0.2) is 0 Å². The molecule has 1 aliphatic rings. The van der Waals surface area contributed by atoms with Crippen LogP contribution in [0.2, 0.25) is 0 Å². The van der Waals surface area contributed by atoms with Crippen LogP contribution in [0.25, 0.3) is 11.0 Å². The quantitative estimate of drug-likeness (QED) is 0.572. The number of aromatic nitrogens is 2. The van der Waals surface area contributed by atoms with E-state index < -0.39 is 11.1 Å². The molecule has 33 heavy (non-hydrogen) atoms. The molecule has 1 saturated heterocycles. The SMILES string of the molecule is CCc1ccc(OCC(=O)Nc2cc3c(cc2N2CCOCC2)n(C)c(=O)c(=O)n3C)cc1. The van der Waals surface area contributed by atoms with Crippen molar-refractivity contribution < 1.29 is 14.3 Å². The second kappa shape index (κ2) is 9.50. The third kappa shape index (κ3) is 4.63. The highest BCUT2D eigenvalue weighted by atomic mass is 16.5. The average Bonchev–Trinajstić information content (AvgIpc) is 2.85. The molecule has 1 fully saturated rings. The summed E-state index contributed by atoms with van der Waals surface area (Å²) in [6, 6.07) is 11.2. The minimum absolute atomic E-state index is 0.154. The fraction of sp³-hybridized carbons (Fsp3) is 0.375. The molecule has 0 saturated carbocycles. The Morgan fingerprint density at radius 1 is 1.00 bits per heavy atom. The second-order valence-electron chi connectivity index (χ2n) is 8.02. The van der Waals surface area contributed by atoms with E-state index in [1.54, 1.807) is 20.2 Å². The Morgan fingerprint density at radius 2 is 1.61 bits per heavy atom. The van der Waals surface area contributed by atoms with Crippen molar-refractivity contribution in [3.63, 3.8) is 0 Å². The number of carbonyl (C=O) groups is 1. The molecule has 2 heterocycles. The van der Waals surface area contributed by atoms with Crippen molar-refractivity contribution in [2.75, 3.05) is 43.1 Å². The Balaban J connectivity index is 1.65. The predicted octanol–water partition coefficient (Wildman–Crippen LogP) is 1.65. The summed E-state index contributed by atoms with van der Waals surface area (Å²) in [7, 11) is 3.13. The van der Waals surface area contributed by atoms with Gasteiger partial charge in [0, 0.05) is 27.2 Å². The lowest BCUT2D eigenvalue weighted by Gasteiger charge is -2.31. The topological polar surface area (TPSA) is 94.8 Å². The summed E-state index contributed by atoms with van der Waals surface area (Å²) in [6.07, 6.45) is 0.932. The van der Waals surface area contributed by atoms with Gasteiger partial charge >= 0.3 is 11.1 Å². The molecule has 1 aromatic heterocycles. The van der Waals surface area contributed by atoms with Crippen LogP contribution in [-0.2, 0) is 30.0 Å². The van der Waals surface area contributed by atoms with E-state index in [0.29, 0.717) is 48.8 Å². The number of anilines is 2. The third-order valence-electron chi connectivity index (χ3n) is 5.94. The smallest absolute Gasteiger partial charge is 0.316 e. The molecule has 0 atom stereocenters. The summed E-state index contributed by atoms with van der Waals surface area (Å²) >= 11 is 0. The summed E-state index contributed by atoms with van der Waals surface area (Å²) in [5.74, 6) is 0.296. The number of morpholine rings is 1. The maximum absolute atomic E-state index is 12.7. The van der Waals surface area contributed by atoms with E-state index >= 15 is 0 Å². The number of benzene rings is 2. The molecule has 0 spiro atoms. The van der Waals surface area contributed by atoms with Crippen molar-refractivity contribution in [1.29, 1.82) is 0 Å². The number of ether oxygens (including phenoxy) is 2. The number of rotatable bonds is 6. The van der Waals surface area contributed by atoms with Crippen LogP contribution < -0.4 is 26.1 Å². The van der Waals surface area contributed by atoms with Gasteiger partial charge in [-0.3, -0.25) is 14.4 Å². The molecule has 9 nitrogen and oxygen atoms in total. The van der Waals surface area contributed by atoms with Gasteiger partial charge in [0.05, 0.1) is 35.6 Å². The number of carbonyl (C=O) groups excluding carboxylic acids is 1. The zero-order valence-corrected chi connectivity index (χ0v) is 19.1. The Bertz CT molecular complexity index is 1290. The van der Waals surface area contributed by atoms with Crippen LogP contribution in [0.15, 0.2) is 46.0 Å². The molecule has 0 radical (unpaired) electrons. The summed E-state index contributed by atoms with van der Waals surface area (Å²) < 4.78 is 13.8. The second-order valence-corrected chi connectivity index (χ2v) is 8.02. The van der Waals surface area contributed by atoms with Gasteiger partial charge in [0.15, 0.2) is 6.61 Å². The summed E-state index contributed by atoms with van der Waals surface area (Å²) in [5.41, 5.74) is 2.43. The monoisotopic (exact) mass is 452 g/mol. The Morgan fingerprint density at radius 3 is 2.21 bits per heavy atom. The van der Waals surface area contributed by atoms with Gasteiger partial charge in [0.1, 0.15) is 5.75 Å². The lowest BCUT2D eigenvalue weighted by atomic mass is 10.1. The fourth-order valence-corrected chi connectivity index (χ4v) is 3.93. The highest BCUT2D eigenvalue weighted by molar-refractivity contribution is 5.99. The van der Waals surface area contributed by atoms with Crippen LogP contribution in [0.3, 0.4) is 0 Å². The summed E-state index contributed by atoms with van der Waals surface area (Å²) in [5, 5.41) is 2.92. The van der Waals surface area contributed by atoms with Crippen molar-refractivity contribution >= 4 is 28.3 Å². The van der Waals surface area contributed by atoms with Gasteiger partial charge in [-0.05, 0) is 36.2 Å². The molecule has 9 heteroatoms. The van der Waals surface area contributed by atoms with Gasteiger partial charge < -0.3 is 28.8 Å². The number of aryl methyl sites for hydroxylation is 3. The summed E-state index contributed by atoms with van der Waals surface area (Å²) in [6.45, 7) is 4.34. The lowest BCUT2D eigenvalue weighted by Crippen LogP contribution is -2.40. The minimum atomic E-state index is -0.625. The molecule has 0 bridgehead atoms. The Hall–Kier alpha value is -3.59. The largest absolute Gasteiger partial charge is 0.484 e. The Kier molecular flexibility index (Phi) is 6.50. The highest BCUT2D eigenvalue weighted by Gasteiger charge is 2.20. The standard InChI is InChI=1S/C24H28N4O5/c1-4-16-5-7-17(8-6-16)33-15-22(29)25-18-13-20-21(27(3)24(31)23(30)26(20)2)14-19(18)28-9-11-32-12-10-28/h5-8,13-14H,4,9-12,15H2,1-3H3,(H,25,29). The molecular formula is C24H28N4O5. The van der Waals surface area contributed by atoms with E-state index in [2.05, 4.69) is 17.1 Å². The number of fused-ring (bicyclic) bond motifs is 1. The van der Waals surface area contributed by atoms with Crippen molar-refractivity contribution in [3.05, 3.63) is 62.7 Å². The molecule has 0 aliphatic carbocycles. The number of amides is 1. The van der Waals surface area contributed by atoms with Gasteiger partial charge in [-0.15, -0.1) is 0 Å². The first-order chi connectivity index (χ1) is 15.9. The molecule has 174 valence electrons. The predicted molar refractivity (Wildman–Crippen MR) is 127 cm³/mol. The van der Waals surface area contributed by atoms with Crippen LogP contribution >= 0.6 is 0 Å². The number of nitrogens with zero attached hydrogens (tertiary/aromatic N) is 3. The maximum atomic E-state index is 12.7. The van der Waals surface area contributed by atoms with E-state index in [1.807, 2.05) is 30.3 Å². The van der Waals surface area contributed by atoms with Gasteiger partial charge in [0.2, 0.25) is 0 Å². The van der Waals surface area contributed by atoms with Crippen molar-refractivity contribution in [2.45, 2.75) is 13.3 Å². The van der Waals surface area contributed by atoms with Crippen LogP contribution in [0.4, 0.5) is 11.4 Å². The molecule has 1 aliphatic heterocycles. The van der Waals surface area contributed by atoms with Crippen molar-refractivity contribution in [2.24, 2.45) is 14.1 Å². The lowest BCUT2D eigenvalue weighted by molar-refractivity contribution is -0.118. The van der Waals surface area contributed by atoms with Crippen LogP contribution in [0, 0.1) is 0 Å². The normalized spacial score (nSPS) is 13.8. The van der Waals surface area contributed by atoms with Crippen LogP contribution in [-0.4, -0.2) is 48.0 Å². The first-order valence-corrected chi connectivity index (χ1v) is 11.0.